The van der Waals surface area contributed by atoms with Gasteiger partial charge in [0.25, 0.3) is 7.82 Å². The standard InChI is InChI=1S/C25H48NO3.H3O4P/c1-5-8-11-14-17-20-23(27)26(4,24(28)21-18-15-12-9-6-2)25(29)22-19-16-13-10-7-3;1-5(2,3)4/h5-22H2,1-4H3;(H3,1,2,3,4)/q+1;/p-1. The molecule has 34 heavy (non-hydrogen) atoms. The largest absolute Gasteiger partial charge is 0.756 e. The minimum Gasteiger partial charge on any atom is -0.756 e. The molecule has 0 saturated heterocycles. The van der Waals surface area contributed by atoms with Gasteiger partial charge < -0.3 is 14.7 Å². The summed E-state index contributed by atoms with van der Waals surface area (Å²) in [5.41, 5.74) is 0. The van der Waals surface area contributed by atoms with Gasteiger partial charge >= 0.3 is 17.7 Å². The van der Waals surface area contributed by atoms with Gasteiger partial charge in [0, 0.05) is 0 Å². The minimum absolute atomic E-state index is 0.196. The van der Waals surface area contributed by atoms with Gasteiger partial charge in [-0.3, -0.25) is 4.57 Å². The van der Waals surface area contributed by atoms with Crippen LogP contribution in [0.2, 0.25) is 0 Å². The van der Waals surface area contributed by atoms with Gasteiger partial charge in [0.05, 0.1) is 26.3 Å². The van der Waals surface area contributed by atoms with Crippen LogP contribution in [-0.2, 0) is 18.9 Å². The molecule has 0 bridgehead atoms. The molecule has 0 aliphatic rings. The van der Waals surface area contributed by atoms with Gasteiger partial charge in [-0.05, 0) is 19.3 Å². The van der Waals surface area contributed by atoms with Gasteiger partial charge in [0.2, 0.25) is 0 Å². The molecule has 0 saturated carbocycles. The number of phosphoric acid groups is 1. The molecular weight excluding hydrogens is 457 g/mol. The maximum Gasteiger partial charge on any atom is 0.328 e. The van der Waals surface area contributed by atoms with Crippen LogP contribution in [0.15, 0.2) is 0 Å². The van der Waals surface area contributed by atoms with E-state index in [0.29, 0.717) is 19.3 Å². The van der Waals surface area contributed by atoms with Crippen LogP contribution < -0.4 is 4.89 Å². The first kappa shape index (κ1) is 35.2. The van der Waals surface area contributed by atoms with E-state index in [1.54, 1.807) is 7.05 Å². The molecule has 0 radical (unpaired) electrons. The molecule has 0 aliphatic carbocycles. The second-order valence-corrected chi connectivity index (χ2v) is 10.2. The van der Waals surface area contributed by atoms with Crippen LogP contribution in [0.25, 0.3) is 0 Å². The van der Waals surface area contributed by atoms with E-state index in [0.717, 1.165) is 77.0 Å². The highest BCUT2D eigenvalue weighted by molar-refractivity contribution is 7.43. The van der Waals surface area contributed by atoms with E-state index in [1.807, 2.05) is 0 Å². The maximum atomic E-state index is 13.0. The van der Waals surface area contributed by atoms with Crippen LogP contribution >= 0.6 is 7.82 Å². The van der Waals surface area contributed by atoms with Gasteiger partial charge in [-0.2, -0.15) is 0 Å². The van der Waals surface area contributed by atoms with Crippen molar-refractivity contribution in [2.24, 2.45) is 0 Å². The van der Waals surface area contributed by atoms with Crippen molar-refractivity contribution < 1.29 is 38.1 Å². The van der Waals surface area contributed by atoms with Crippen LogP contribution in [0, 0.1) is 0 Å². The molecule has 0 heterocycles. The number of rotatable bonds is 18. The summed E-state index contributed by atoms with van der Waals surface area (Å²) in [6.07, 6.45) is 16.7. The Morgan fingerprint density at radius 2 is 0.794 bits per heavy atom. The van der Waals surface area contributed by atoms with Crippen molar-refractivity contribution in [2.75, 3.05) is 7.05 Å². The Bertz CT molecular complexity index is 531. The Kier molecular flexibility index (Phi) is 22.2. The third-order valence-corrected chi connectivity index (χ3v) is 5.98. The Labute approximate surface area is 207 Å². The smallest absolute Gasteiger partial charge is 0.328 e. The average molecular weight is 508 g/mol. The first-order chi connectivity index (χ1) is 15.9. The van der Waals surface area contributed by atoms with Crippen molar-refractivity contribution in [3.05, 3.63) is 0 Å². The number of quaternary nitrogens is 1. The molecular formula is C25H50NO7P. The fourth-order valence-corrected chi connectivity index (χ4v) is 3.73. The third-order valence-electron chi connectivity index (χ3n) is 5.98. The summed E-state index contributed by atoms with van der Waals surface area (Å²) in [5.74, 6) is -0.587. The van der Waals surface area contributed by atoms with Crippen LogP contribution in [0.3, 0.4) is 0 Å². The summed E-state index contributed by atoms with van der Waals surface area (Å²) in [6, 6.07) is 0. The molecule has 0 fully saturated rings. The molecule has 0 aromatic carbocycles. The van der Waals surface area contributed by atoms with Crippen LogP contribution in [0.4, 0.5) is 0 Å². The van der Waals surface area contributed by atoms with Crippen LogP contribution in [0.5, 0.6) is 0 Å². The number of carbonyl (C=O) groups is 3. The Hall–Kier alpha value is -0.920. The molecule has 3 amide bonds. The molecule has 9 heteroatoms. The number of nitrogens with zero attached hydrogens (tertiary/aromatic N) is 1. The lowest BCUT2D eigenvalue weighted by atomic mass is 10.1. The molecule has 8 nitrogen and oxygen atoms in total. The predicted octanol–water partition coefficient (Wildman–Crippen LogP) is 5.53. The Morgan fingerprint density at radius 1 is 0.588 bits per heavy atom. The quantitative estimate of drug-likeness (QED) is 0.141. The number of hydrogen-bond donors (Lipinski definition) is 2. The zero-order valence-electron chi connectivity index (χ0n) is 22.1. The monoisotopic (exact) mass is 507 g/mol. The highest BCUT2D eigenvalue weighted by Crippen LogP contribution is 2.20. The highest BCUT2D eigenvalue weighted by atomic mass is 31.2. The second-order valence-electron chi connectivity index (χ2n) is 9.17. The van der Waals surface area contributed by atoms with E-state index in [2.05, 4.69) is 20.8 Å². The van der Waals surface area contributed by atoms with E-state index < -0.39 is 12.3 Å². The number of carbonyl (C=O) groups excluding carboxylic acids is 3. The summed E-state index contributed by atoms with van der Waals surface area (Å²) in [4.78, 5) is 61.9. The molecule has 2 N–H and O–H groups in total. The van der Waals surface area contributed by atoms with Gasteiger partial charge in [-0.25, -0.2) is 14.4 Å². The molecule has 0 aromatic rings. The SMILES string of the molecule is CCCCCCCC(=O)[N+](C)(C(=O)CCCCCCC)C(=O)CCCCCCC.O=P([O-])(O)O. The Morgan fingerprint density at radius 3 is 1.00 bits per heavy atom. The van der Waals surface area contributed by atoms with E-state index in [4.69, 9.17) is 19.2 Å². The first-order valence-electron chi connectivity index (χ1n) is 13.2. The molecule has 0 unspecified atom stereocenters. The number of hydrogen-bond acceptors (Lipinski definition) is 5. The molecule has 0 atom stereocenters. The van der Waals surface area contributed by atoms with E-state index in [-0.39, 0.29) is 17.7 Å². The molecule has 0 rings (SSSR count). The van der Waals surface area contributed by atoms with E-state index >= 15 is 0 Å². The van der Waals surface area contributed by atoms with E-state index in [9.17, 15) is 14.4 Å². The van der Waals surface area contributed by atoms with Crippen LogP contribution in [0.1, 0.15) is 136 Å². The zero-order valence-corrected chi connectivity index (χ0v) is 23.0. The maximum absolute atomic E-state index is 13.0. The number of unbranched alkanes of at least 4 members (excludes halogenated alkanes) is 12. The lowest BCUT2D eigenvalue weighted by Gasteiger charge is -2.26. The van der Waals surface area contributed by atoms with Gasteiger partial charge in [0.15, 0.2) is 0 Å². The Balaban J connectivity index is 0. The van der Waals surface area contributed by atoms with Gasteiger partial charge in [-0.15, -0.1) is 4.48 Å². The van der Waals surface area contributed by atoms with Crippen molar-refractivity contribution in [2.45, 2.75) is 136 Å². The van der Waals surface area contributed by atoms with Crippen molar-refractivity contribution in [1.82, 2.24) is 0 Å². The molecule has 0 aromatic heterocycles. The fraction of sp³-hybridized carbons (Fsp3) is 0.880. The average Bonchev–Trinajstić information content (AvgIpc) is 2.76. The summed E-state index contributed by atoms with van der Waals surface area (Å²) < 4.78 is 8.17. The minimum atomic E-state index is -4.89. The summed E-state index contributed by atoms with van der Waals surface area (Å²) >= 11 is 0. The zero-order chi connectivity index (χ0) is 26.5. The second kappa shape index (κ2) is 21.4. The summed E-state index contributed by atoms with van der Waals surface area (Å²) in [5, 5.41) is 0. The lowest BCUT2D eigenvalue weighted by molar-refractivity contribution is -0.681. The number of imide groups is 3. The number of amides is 3. The van der Waals surface area contributed by atoms with Crippen molar-refractivity contribution in [3.63, 3.8) is 0 Å². The fourth-order valence-electron chi connectivity index (χ4n) is 3.73. The highest BCUT2D eigenvalue weighted by Gasteiger charge is 2.45. The topological polar surface area (TPSA) is 132 Å². The van der Waals surface area contributed by atoms with Gasteiger partial charge in [-0.1, -0.05) is 97.8 Å². The van der Waals surface area contributed by atoms with E-state index in [1.165, 1.54) is 19.3 Å². The predicted molar refractivity (Wildman–Crippen MR) is 133 cm³/mol. The van der Waals surface area contributed by atoms with Crippen molar-refractivity contribution >= 4 is 25.5 Å². The summed E-state index contributed by atoms with van der Waals surface area (Å²) in [6.45, 7) is 6.49. The lowest BCUT2D eigenvalue weighted by Crippen LogP contribution is -2.57. The third kappa shape index (κ3) is 19.4. The molecule has 0 spiro atoms. The summed E-state index contributed by atoms with van der Waals surface area (Å²) in [7, 11) is -3.32. The normalized spacial score (nSPS) is 11.6. The molecule has 202 valence electrons. The van der Waals surface area contributed by atoms with Crippen molar-refractivity contribution in [1.29, 1.82) is 0 Å². The van der Waals surface area contributed by atoms with Crippen LogP contribution in [-0.4, -0.2) is 39.0 Å². The van der Waals surface area contributed by atoms with Crippen molar-refractivity contribution in [3.8, 4) is 0 Å². The molecule has 0 aliphatic heterocycles. The first-order valence-corrected chi connectivity index (χ1v) is 14.7. The van der Waals surface area contributed by atoms with Gasteiger partial charge in [0.1, 0.15) is 0 Å².